The van der Waals surface area contributed by atoms with Gasteiger partial charge in [0.2, 0.25) is 0 Å². The van der Waals surface area contributed by atoms with E-state index in [1.165, 1.54) is 6.08 Å². The minimum Gasteiger partial charge on any atom is -0.381 e. The van der Waals surface area contributed by atoms with E-state index in [4.69, 9.17) is 4.74 Å². The lowest BCUT2D eigenvalue weighted by Gasteiger charge is -1.98. The molecule has 11 heavy (non-hydrogen) atoms. The summed E-state index contributed by atoms with van der Waals surface area (Å²) >= 11 is 3.24. The molecule has 0 radical (unpaired) electrons. The Bertz CT molecular complexity index is 123. The van der Waals surface area contributed by atoms with E-state index in [0.29, 0.717) is 19.6 Å². The fraction of sp³-hybridized carbons (Fsp3) is 0.625. The largest absolute Gasteiger partial charge is 0.381 e. The number of carbonyl (C=O) groups excluding carboxylic acids is 1. The maximum atomic E-state index is 10.7. The summed E-state index contributed by atoms with van der Waals surface area (Å²) in [6, 6.07) is 0. The lowest BCUT2D eigenvalue weighted by atomic mass is 10.2. The molecular weight excluding hydrogens is 208 g/mol. The van der Waals surface area contributed by atoms with E-state index >= 15 is 0 Å². The van der Waals surface area contributed by atoms with Crippen molar-refractivity contribution >= 4 is 21.7 Å². The highest BCUT2D eigenvalue weighted by Crippen LogP contribution is 1.93. The number of rotatable bonds is 7. The van der Waals surface area contributed by atoms with Crippen LogP contribution in [-0.2, 0) is 9.53 Å². The van der Waals surface area contributed by atoms with Crippen LogP contribution in [0.5, 0.6) is 0 Å². The van der Waals surface area contributed by atoms with Crippen LogP contribution in [-0.4, -0.2) is 24.3 Å². The molecule has 0 amide bonds. The third kappa shape index (κ3) is 7.75. The van der Waals surface area contributed by atoms with Crippen molar-refractivity contribution in [1.29, 1.82) is 0 Å². The molecule has 0 spiro atoms. The van der Waals surface area contributed by atoms with Crippen molar-refractivity contribution in [2.24, 2.45) is 0 Å². The number of allylic oxidation sites excluding steroid dienone is 1. The standard InChI is InChI=1S/C8H13BrO2/c1-2-8(10)4-3-6-11-7-5-9/h2H,1,3-7H2. The van der Waals surface area contributed by atoms with Crippen LogP contribution in [0.1, 0.15) is 12.8 Å². The first-order valence-corrected chi connectivity index (χ1v) is 4.72. The first-order chi connectivity index (χ1) is 5.31. The Hall–Kier alpha value is -0.150. The van der Waals surface area contributed by atoms with Crippen LogP contribution in [0.4, 0.5) is 0 Å². The Morgan fingerprint density at radius 1 is 1.55 bits per heavy atom. The van der Waals surface area contributed by atoms with Gasteiger partial charge in [0.15, 0.2) is 5.78 Å². The summed E-state index contributed by atoms with van der Waals surface area (Å²) in [5, 5.41) is 0.850. The fourth-order valence-corrected chi connectivity index (χ4v) is 0.836. The second-order valence-electron chi connectivity index (χ2n) is 2.08. The Labute approximate surface area is 75.7 Å². The van der Waals surface area contributed by atoms with Crippen LogP contribution >= 0.6 is 15.9 Å². The summed E-state index contributed by atoms with van der Waals surface area (Å²) in [6.07, 6.45) is 2.69. The summed E-state index contributed by atoms with van der Waals surface area (Å²) in [6.45, 7) is 4.75. The lowest BCUT2D eigenvalue weighted by molar-refractivity contribution is -0.114. The normalized spacial score (nSPS) is 9.55. The molecule has 3 heteroatoms. The van der Waals surface area contributed by atoms with Crippen LogP contribution in [0, 0.1) is 0 Å². The van der Waals surface area contributed by atoms with Crippen molar-refractivity contribution in [3.8, 4) is 0 Å². The zero-order valence-corrected chi connectivity index (χ0v) is 8.10. The van der Waals surface area contributed by atoms with Crippen LogP contribution in [0.25, 0.3) is 0 Å². The molecule has 0 saturated carbocycles. The molecule has 64 valence electrons. The predicted molar refractivity (Wildman–Crippen MR) is 49.1 cm³/mol. The third-order valence-electron chi connectivity index (χ3n) is 1.16. The lowest BCUT2D eigenvalue weighted by Crippen LogP contribution is -2.00. The fourth-order valence-electron chi connectivity index (χ4n) is 0.607. The molecule has 0 bridgehead atoms. The van der Waals surface area contributed by atoms with Gasteiger partial charge in [-0.05, 0) is 12.5 Å². The summed E-state index contributed by atoms with van der Waals surface area (Å²) in [7, 11) is 0. The van der Waals surface area contributed by atoms with E-state index in [-0.39, 0.29) is 5.78 Å². The van der Waals surface area contributed by atoms with Crippen LogP contribution in [0.2, 0.25) is 0 Å². The highest BCUT2D eigenvalue weighted by atomic mass is 79.9. The highest BCUT2D eigenvalue weighted by Gasteiger charge is 1.94. The van der Waals surface area contributed by atoms with E-state index in [0.717, 1.165) is 11.8 Å². The van der Waals surface area contributed by atoms with Gasteiger partial charge in [-0.2, -0.15) is 0 Å². The molecule has 0 unspecified atom stereocenters. The van der Waals surface area contributed by atoms with Gasteiger partial charge in [0.05, 0.1) is 6.61 Å². The van der Waals surface area contributed by atoms with Gasteiger partial charge in [0.25, 0.3) is 0 Å². The summed E-state index contributed by atoms with van der Waals surface area (Å²) in [5.41, 5.74) is 0. The van der Waals surface area contributed by atoms with Gasteiger partial charge in [0, 0.05) is 18.4 Å². The zero-order chi connectivity index (χ0) is 8.53. The number of hydrogen-bond donors (Lipinski definition) is 0. The molecule has 0 rings (SSSR count). The monoisotopic (exact) mass is 220 g/mol. The zero-order valence-electron chi connectivity index (χ0n) is 6.51. The number of carbonyl (C=O) groups is 1. The molecule has 0 saturated heterocycles. The second kappa shape index (κ2) is 7.95. The van der Waals surface area contributed by atoms with E-state index in [2.05, 4.69) is 22.5 Å². The second-order valence-corrected chi connectivity index (χ2v) is 2.87. The number of hydrogen-bond acceptors (Lipinski definition) is 2. The maximum absolute atomic E-state index is 10.7. The average Bonchev–Trinajstić information content (AvgIpc) is 2.04. The Morgan fingerprint density at radius 2 is 2.27 bits per heavy atom. The van der Waals surface area contributed by atoms with Gasteiger partial charge >= 0.3 is 0 Å². The first-order valence-electron chi connectivity index (χ1n) is 3.60. The van der Waals surface area contributed by atoms with Gasteiger partial charge < -0.3 is 4.74 Å². The first kappa shape index (κ1) is 10.8. The van der Waals surface area contributed by atoms with E-state index < -0.39 is 0 Å². The minimum absolute atomic E-state index is 0.0902. The molecule has 2 nitrogen and oxygen atoms in total. The van der Waals surface area contributed by atoms with Crippen molar-refractivity contribution in [3.05, 3.63) is 12.7 Å². The quantitative estimate of drug-likeness (QED) is 0.373. The molecule has 0 aliphatic carbocycles. The van der Waals surface area contributed by atoms with Crippen molar-refractivity contribution < 1.29 is 9.53 Å². The van der Waals surface area contributed by atoms with Crippen LogP contribution < -0.4 is 0 Å². The maximum Gasteiger partial charge on any atom is 0.155 e. The third-order valence-corrected chi connectivity index (χ3v) is 1.48. The van der Waals surface area contributed by atoms with Crippen LogP contribution in [0.3, 0.4) is 0 Å². The Kier molecular flexibility index (Phi) is 7.84. The molecule has 0 aliphatic heterocycles. The average molecular weight is 221 g/mol. The van der Waals surface area contributed by atoms with E-state index in [1.807, 2.05) is 0 Å². The summed E-state index contributed by atoms with van der Waals surface area (Å²) in [4.78, 5) is 10.7. The van der Waals surface area contributed by atoms with Crippen molar-refractivity contribution in [1.82, 2.24) is 0 Å². The minimum atomic E-state index is 0.0902. The molecule has 0 atom stereocenters. The molecule has 0 fully saturated rings. The predicted octanol–water partition coefficient (Wildman–Crippen LogP) is 1.93. The van der Waals surface area contributed by atoms with Crippen molar-refractivity contribution in [3.63, 3.8) is 0 Å². The SMILES string of the molecule is C=CC(=O)CCCOCCBr. The van der Waals surface area contributed by atoms with Crippen LogP contribution in [0.15, 0.2) is 12.7 Å². The van der Waals surface area contributed by atoms with E-state index in [9.17, 15) is 4.79 Å². The van der Waals surface area contributed by atoms with Gasteiger partial charge in [-0.15, -0.1) is 0 Å². The number of alkyl halides is 1. The number of ether oxygens (including phenoxy) is 1. The van der Waals surface area contributed by atoms with Gasteiger partial charge in [-0.25, -0.2) is 0 Å². The molecule has 0 aromatic heterocycles. The Morgan fingerprint density at radius 3 is 2.82 bits per heavy atom. The Balaban J connectivity index is 3.01. The molecule has 0 heterocycles. The molecule has 0 aromatic rings. The van der Waals surface area contributed by atoms with Crippen molar-refractivity contribution in [2.75, 3.05) is 18.5 Å². The van der Waals surface area contributed by atoms with Gasteiger partial charge in [-0.3, -0.25) is 4.79 Å². The number of ketones is 1. The van der Waals surface area contributed by atoms with Crippen molar-refractivity contribution in [2.45, 2.75) is 12.8 Å². The van der Waals surface area contributed by atoms with Gasteiger partial charge in [0.1, 0.15) is 0 Å². The summed E-state index contributed by atoms with van der Waals surface area (Å²) < 4.78 is 5.14. The molecule has 0 N–H and O–H groups in total. The molecule has 0 aromatic carbocycles. The molecular formula is C8H13BrO2. The number of halogens is 1. The smallest absolute Gasteiger partial charge is 0.155 e. The highest BCUT2D eigenvalue weighted by molar-refractivity contribution is 9.09. The van der Waals surface area contributed by atoms with E-state index in [1.54, 1.807) is 0 Å². The molecule has 0 aliphatic rings. The topological polar surface area (TPSA) is 26.3 Å². The van der Waals surface area contributed by atoms with Gasteiger partial charge in [-0.1, -0.05) is 22.5 Å². The summed E-state index contributed by atoms with van der Waals surface area (Å²) in [5.74, 6) is 0.0902.